The van der Waals surface area contributed by atoms with Crippen LogP contribution in [0.5, 0.6) is 5.75 Å². The van der Waals surface area contributed by atoms with Gasteiger partial charge < -0.3 is 14.8 Å². The molecule has 0 aliphatic heterocycles. The van der Waals surface area contributed by atoms with Gasteiger partial charge in [0.2, 0.25) is 0 Å². The number of methoxy groups -OCH3 is 1. The van der Waals surface area contributed by atoms with Gasteiger partial charge in [0, 0.05) is 5.69 Å². The maximum absolute atomic E-state index is 12.1. The van der Waals surface area contributed by atoms with Crippen molar-refractivity contribution in [1.82, 2.24) is 5.32 Å². The average Bonchev–Trinajstić information content (AvgIpc) is 2.73. The minimum Gasteiger partial charge on any atom is -0.483 e. The molecule has 0 aliphatic rings. The Balaban J connectivity index is 1.53. The Hall–Kier alpha value is -2.97. The number of amides is 1. The summed E-state index contributed by atoms with van der Waals surface area (Å²) in [5, 5.41) is 7.62. The van der Waals surface area contributed by atoms with Crippen molar-refractivity contribution in [3.63, 3.8) is 0 Å². The van der Waals surface area contributed by atoms with Gasteiger partial charge in [-0.25, -0.2) is 4.79 Å². The molecule has 0 fully saturated rings. The molecule has 2 N–H and O–H groups in total. The van der Waals surface area contributed by atoms with Crippen LogP contribution in [0.25, 0.3) is 10.8 Å². The van der Waals surface area contributed by atoms with E-state index < -0.39 is 11.9 Å². The van der Waals surface area contributed by atoms with Gasteiger partial charge in [0.05, 0.1) is 17.1 Å². The lowest BCUT2D eigenvalue weighted by Gasteiger charge is -2.12. The first-order valence-electron chi connectivity index (χ1n) is 8.57. The topological polar surface area (TPSA) is 76.7 Å². The highest BCUT2D eigenvalue weighted by Gasteiger charge is 2.10. The smallest absolute Gasteiger partial charge is 0.337 e. The maximum Gasteiger partial charge on any atom is 0.337 e. The molecule has 0 spiro atoms. The summed E-state index contributed by atoms with van der Waals surface area (Å²) in [5.74, 6) is -0.255. The number of anilines is 1. The monoisotopic (exact) mass is 472 g/mol. The van der Waals surface area contributed by atoms with Crippen molar-refractivity contribution in [3.05, 3.63) is 70.7 Å². The van der Waals surface area contributed by atoms with E-state index in [0.717, 1.165) is 15.2 Å². The number of hydrogen-bond donors (Lipinski definition) is 2. The first-order chi connectivity index (χ1) is 14.0. The van der Waals surface area contributed by atoms with Gasteiger partial charge in [-0.15, -0.1) is 0 Å². The molecule has 0 saturated carbocycles. The largest absolute Gasteiger partial charge is 0.483 e. The molecule has 0 bridgehead atoms. The van der Waals surface area contributed by atoms with Gasteiger partial charge in [-0.2, -0.15) is 0 Å². The van der Waals surface area contributed by atoms with Crippen molar-refractivity contribution in [2.45, 2.75) is 0 Å². The van der Waals surface area contributed by atoms with Crippen molar-refractivity contribution in [2.24, 2.45) is 0 Å². The predicted molar refractivity (Wildman–Crippen MR) is 119 cm³/mol. The second-order valence-corrected chi connectivity index (χ2v) is 7.16. The highest BCUT2D eigenvalue weighted by atomic mass is 79.9. The molecule has 0 atom stereocenters. The first-order valence-corrected chi connectivity index (χ1v) is 9.77. The predicted octanol–water partition coefficient (Wildman–Crippen LogP) is 4.28. The van der Waals surface area contributed by atoms with Gasteiger partial charge in [-0.3, -0.25) is 10.1 Å². The molecule has 0 heterocycles. The van der Waals surface area contributed by atoms with Crippen LogP contribution in [0.15, 0.2) is 65.1 Å². The van der Waals surface area contributed by atoms with Gasteiger partial charge in [0.15, 0.2) is 11.7 Å². The molecule has 8 heteroatoms. The van der Waals surface area contributed by atoms with Gasteiger partial charge >= 0.3 is 5.97 Å². The average molecular weight is 473 g/mol. The molecule has 0 aliphatic carbocycles. The lowest BCUT2D eigenvalue weighted by atomic mass is 10.1. The molecule has 0 radical (unpaired) electrons. The summed E-state index contributed by atoms with van der Waals surface area (Å²) in [6.45, 7) is -0.194. The van der Waals surface area contributed by atoms with Crippen LogP contribution in [0.3, 0.4) is 0 Å². The molecule has 148 valence electrons. The summed E-state index contributed by atoms with van der Waals surface area (Å²) in [5.41, 5.74) is 1.04. The van der Waals surface area contributed by atoms with E-state index in [2.05, 4.69) is 31.3 Å². The molecule has 0 unspecified atom stereocenters. The number of esters is 1. The van der Waals surface area contributed by atoms with E-state index in [4.69, 9.17) is 17.0 Å². The molecular weight excluding hydrogens is 456 g/mol. The zero-order valence-corrected chi connectivity index (χ0v) is 17.8. The second kappa shape index (κ2) is 9.49. The number of hydrogen-bond acceptors (Lipinski definition) is 5. The van der Waals surface area contributed by atoms with Gasteiger partial charge in [-0.05, 0) is 69.3 Å². The number of nitrogens with one attached hydrogen (secondary N) is 2. The van der Waals surface area contributed by atoms with E-state index in [9.17, 15) is 9.59 Å². The fourth-order valence-corrected chi connectivity index (χ4v) is 3.44. The van der Waals surface area contributed by atoms with E-state index in [-0.39, 0.29) is 11.7 Å². The Morgan fingerprint density at radius 1 is 1.03 bits per heavy atom. The lowest BCUT2D eigenvalue weighted by molar-refractivity contribution is -0.121. The molecule has 29 heavy (non-hydrogen) atoms. The number of benzene rings is 3. The van der Waals surface area contributed by atoms with E-state index in [1.807, 2.05) is 30.3 Å². The van der Waals surface area contributed by atoms with Crippen molar-refractivity contribution < 1.29 is 19.1 Å². The number of halogens is 1. The molecule has 1 amide bonds. The van der Waals surface area contributed by atoms with Crippen molar-refractivity contribution in [2.75, 3.05) is 19.0 Å². The number of ether oxygens (including phenoxy) is 2. The fraction of sp³-hybridized carbons (Fsp3) is 0.0952. The van der Waals surface area contributed by atoms with Crippen molar-refractivity contribution in [3.8, 4) is 5.75 Å². The number of rotatable bonds is 5. The third-order valence-electron chi connectivity index (χ3n) is 4.00. The van der Waals surface area contributed by atoms with E-state index >= 15 is 0 Å². The maximum atomic E-state index is 12.1. The lowest BCUT2D eigenvalue weighted by Crippen LogP contribution is -2.37. The standard InChI is InChI=1S/C21H17BrN2O4S/c1-27-20(26)14-6-9-15(10-7-14)23-21(29)24-18(25)12-28-17-11-8-13-4-2-3-5-16(13)19(17)22/h2-11H,12H2,1H3,(H2,23,24,25,29). The van der Waals surface area contributed by atoms with E-state index in [1.165, 1.54) is 7.11 Å². The van der Waals surface area contributed by atoms with Crippen LogP contribution in [0.4, 0.5) is 5.69 Å². The fourth-order valence-electron chi connectivity index (χ4n) is 2.60. The normalized spacial score (nSPS) is 10.3. The molecule has 0 aromatic heterocycles. The summed E-state index contributed by atoms with van der Waals surface area (Å²) in [4.78, 5) is 23.6. The molecule has 6 nitrogen and oxygen atoms in total. The Morgan fingerprint density at radius 3 is 2.48 bits per heavy atom. The third kappa shape index (κ3) is 5.30. The van der Waals surface area contributed by atoms with Crippen LogP contribution >= 0.6 is 28.1 Å². The van der Waals surface area contributed by atoms with E-state index in [1.54, 1.807) is 30.3 Å². The quantitative estimate of drug-likeness (QED) is 0.426. The Labute approximate surface area is 181 Å². The second-order valence-electron chi connectivity index (χ2n) is 5.96. The van der Waals surface area contributed by atoms with Crippen molar-refractivity contribution >= 4 is 61.6 Å². The van der Waals surface area contributed by atoms with Crippen LogP contribution in [0.1, 0.15) is 10.4 Å². The SMILES string of the molecule is COC(=O)c1ccc(NC(=S)NC(=O)COc2ccc3ccccc3c2Br)cc1. The van der Waals surface area contributed by atoms with Crippen LogP contribution in [-0.2, 0) is 9.53 Å². The minimum atomic E-state index is -0.426. The highest BCUT2D eigenvalue weighted by Crippen LogP contribution is 2.32. The zero-order chi connectivity index (χ0) is 20.8. The Morgan fingerprint density at radius 2 is 1.76 bits per heavy atom. The third-order valence-corrected chi connectivity index (χ3v) is 5.03. The molecule has 3 rings (SSSR count). The van der Waals surface area contributed by atoms with Gasteiger partial charge in [0.25, 0.3) is 5.91 Å². The number of carbonyl (C=O) groups is 2. The van der Waals surface area contributed by atoms with Crippen LogP contribution in [0.2, 0.25) is 0 Å². The molecule has 3 aromatic carbocycles. The van der Waals surface area contributed by atoms with Crippen molar-refractivity contribution in [1.29, 1.82) is 0 Å². The summed E-state index contributed by atoms with van der Waals surface area (Å²) < 4.78 is 11.0. The molecule has 0 saturated heterocycles. The highest BCUT2D eigenvalue weighted by molar-refractivity contribution is 9.10. The molecular formula is C21H17BrN2O4S. The van der Waals surface area contributed by atoms with Gasteiger partial charge in [0.1, 0.15) is 5.75 Å². The van der Waals surface area contributed by atoms with Crippen LogP contribution in [0, 0.1) is 0 Å². The summed E-state index contributed by atoms with van der Waals surface area (Å²) >= 11 is 8.66. The van der Waals surface area contributed by atoms with Crippen LogP contribution in [-0.4, -0.2) is 30.7 Å². The minimum absolute atomic E-state index is 0.127. The van der Waals surface area contributed by atoms with Gasteiger partial charge in [-0.1, -0.05) is 30.3 Å². The number of fused-ring (bicyclic) bond motifs is 1. The van der Waals surface area contributed by atoms with E-state index in [0.29, 0.717) is 17.0 Å². The molecule has 3 aromatic rings. The summed E-state index contributed by atoms with van der Waals surface area (Å²) in [6, 6.07) is 18.1. The summed E-state index contributed by atoms with van der Waals surface area (Å²) in [6.07, 6.45) is 0. The summed E-state index contributed by atoms with van der Waals surface area (Å²) in [7, 11) is 1.32. The zero-order valence-electron chi connectivity index (χ0n) is 15.4. The number of carbonyl (C=O) groups excluding carboxylic acids is 2. The Kier molecular flexibility index (Phi) is 6.79. The Bertz CT molecular complexity index is 1070. The first kappa shape index (κ1) is 20.8. The number of thiocarbonyl (C=S) groups is 1. The van der Waals surface area contributed by atoms with Crippen LogP contribution < -0.4 is 15.4 Å².